The molecule has 0 aliphatic carbocycles. The molecule has 2 aromatic rings. The molecule has 2 N–H and O–H groups in total. The molecule has 0 aliphatic rings. The first-order chi connectivity index (χ1) is 11.3. The topological polar surface area (TPSA) is 71.1 Å². The monoisotopic (exact) mass is 345 g/mol. The van der Waals surface area contributed by atoms with Gasteiger partial charge in [-0.15, -0.1) is 0 Å². The van der Waals surface area contributed by atoms with Gasteiger partial charge in [-0.25, -0.2) is 4.98 Å². The first-order valence-corrected chi connectivity index (χ1v) is 8.80. The van der Waals surface area contributed by atoms with Gasteiger partial charge in [0.05, 0.1) is 5.69 Å². The number of hydrogen-bond donors (Lipinski definition) is 2. The van der Waals surface area contributed by atoms with Gasteiger partial charge in [-0.2, -0.15) is 0 Å². The molecule has 0 aliphatic heterocycles. The van der Waals surface area contributed by atoms with Crippen LogP contribution in [0.2, 0.25) is 0 Å². The van der Waals surface area contributed by atoms with Gasteiger partial charge in [0, 0.05) is 12.1 Å². The summed E-state index contributed by atoms with van der Waals surface area (Å²) in [5.41, 5.74) is 4.67. The van der Waals surface area contributed by atoms with Gasteiger partial charge in [-0.05, 0) is 45.2 Å². The van der Waals surface area contributed by atoms with Crippen molar-refractivity contribution < 1.29 is 9.59 Å². The van der Waals surface area contributed by atoms with Crippen LogP contribution in [0.1, 0.15) is 51.8 Å². The molecule has 1 aromatic heterocycles. The van der Waals surface area contributed by atoms with Crippen molar-refractivity contribution in [1.82, 2.24) is 4.98 Å². The highest BCUT2D eigenvalue weighted by Gasteiger charge is 2.18. The van der Waals surface area contributed by atoms with Crippen molar-refractivity contribution in [1.29, 1.82) is 0 Å². The molecule has 1 aromatic carbocycles. The average Bonchev–Trinajstić information content (AvgIpc) is 2.83. The lowest BCUT2D eigenvalue weighted by Gasteiger charge is -2.12. The molecule has 0 saturated carbocycles. The second-order valence-electron chi connectivity index (χ2n) is 5.96. The first kappa shape index (κ1) is 18.1. The zero-order valence-corrected chi connectivity index (χ0v) is 15.6. The van der Waals surface area contributed by atoms with E-state index in [1.807, 2.05) is 39.8 Å². The highest BCUT2D eigenvalue weighted by atomic mass is 32.1. The predicted octanol–water partition coefficient (Wildman–Crippen LogP) is 4.37. The lowest BCUT2D eigenvalue weighted by molar-refractivity contribution is -0.116. The molecule has 0 radical (unpaired) electrons. The van der Waals surface area contributed by atoms with Crippen molar-refractivity contribution in [3.8, 4) is 0 Å². The highest BCUT2D eigenvalue weighted by molar-refractivity contribution is 7.17. The number of aryl methyl sites for hydroxylation is 4. The van der Waals surface area contributed by atoms with Gasteiger partial charge in [-0.3, -0.25) is 9.59 Å². The maximum atomic E-state index is 12.6. The fourth-order valence-electron chi connectivity index (χ4n) is 2.62. The SMILES string of the molecule is CCCC(=O)Nc1nc(C)c(C(=O)Nc2c(C)cc(C)cc2C)s1. The van der Waals surface area contributed by atoms with E-state index in [-0.39, 0.29) is 11.8 Å². The molecule has 0 unspecified atom stereocenters. The molecule has 128 valence electrons. The fourth-order valence-corrected chi connectivity index (χ4v) is 3.49. The van der Waals surface area contributed by atoms with Gasteiger partial charge >= 0.3 is 0 Å². The molecule has 5 nitrogen and oxygen atoms in total. The molecule has 0 spiro atoms. The van der Waals surface area contributed by atoms with Crippen LogP contribution < -0.4 is 10.6 Å². The van der Waals surface area contributed by atoms with Crippen LogP contribution >= 0.6 is 11.3 Å². The van der Waals surface area contributed by atoms with Crippen LogP contribution in [0, 0.1) is 27.7 Å². The Morgan fingerprint density at radius 2 is 1.71 bits per heavy atom. The van der Waals surface area contributed by atoms with Crippen molar-refractivity contribution in [2.24, 2.45) is 0 Å². The smallest absolute Gasteiger partial charge is 0.267 e. The summed E-state index contributed by atoms with van der Waals surface area (Å²) < 4.78 is 0. The first-order valence-electron chi connectivity index (χ1n) is 7.98. The van der Waals surface area contributed by atoms with E-state index in [2.05, 4.69) is 15.6 Å². The summed E-state index contributed by atoms with van der Waals surface area (Å²) >= 11 is 1.20. The van der Waals surface area contributed by atoms with Crippen LogP contribution in [0.3, 0.4) is 0 Å². The van der Waals surface area contributed by atoms with Gasteiger partial charge in [-0.1, -0.05) is 36.0 Å². The van der Waals surface area contributed by atoms with Gasteiger partial charge in [0.15, 0.2) is 5.13 Å². The maximum absolute atomic E-state index is 12.6. The van der Waals surface area contributed by atoms with Crippen molar-refractivity contribution in [3.63, 3.8) is 0 Å². The average molecular weight is 345 g/mol. The van der Waals surface area contributed by atoms with E-state index in [0.29, 0.717) is 22.1 Å². The summed E-state index contributed by atoms with van der Waals surface area (Å²) in [6.07, 6.45) is 1.22. The Kier molecular flexibility index (Phi) is 5.72. The van der Waals surface area contributed by atoms with E-state index < -0.39 is 0 Å². The van der Waals surface area contributed by atoms with E-state index in [4.69, 9.17) is 0 Å². The number of nitrogens with zero attached hydrogens (tertiary/aromatic N) is 1. The third-order valence-electron chi connectivity index (χ3n) is 3.64. The largest absolute Gasteiger partial charge is 0.321 e. The minimum Gasteiger partial charge on any atom is -0.321 e. The zero-order valence-electron chi connectivity index (χ0n) is 14.7. The molecule has 2 amide bonds. The minimum atomic E-state index is -0.198. The standard InChI is InChI=1S/C18H23N3O2S/c1-6-7-14(22)20-18-19-13(5)16(24-18)17(23)21-15-11(3)8-10(2)9-12(15)4/h8-9H,6-7H2,1-5H3,(H,21,23)(H,19,20,22). The quantitative estimate of drug-likeness (QED) is 0.845. The van der Waals surface area contributed by atoms with E-state index in [1.165, 1.54) is 11.3 Å². The molecule has 6 heteroatoms. The summed E-state index contributed by atoms with van der Waals surface area (Å²) in [6, 6.07) is 4.08. The van der Waals surface area contributed by atoms with E-state index in [9.17, 15) is 9.59 Å². The Morgan fingerprint density at radius 1 is 1.08 bits per heavy atom. The van der Waals surface area contributed by atoms with Crippen LogP contribution in [0.15, 0.2) is 12.1 Å². The van der Waals surface area contributed by atoms with Crippen LogP contribution in [-0.4, -0.2) is 16.8 Å². The summed E-state index contributed by atoms with van der Waals surface area (Å²) in [7, 11) is 0. The normalized spacial score (nSPS) is 10.5. The van der Waals surface area contributed by atoms with E-state index in [1.54, 1.807) is 6.92 Å². The summed E-state index contributed by atoms with van der Waals surface area (Å²) in [5.74, 6) is -0.278. The lowest BCUT2D eigenvalue weighted by Crippen LogP contribution is -2.13. The Balaban J connectivity index is 2.19. The molecule has 0 atom stereocenters. The number of aromatic nitrogens is 1. The summed E-state index contributed by atoms with van der Waals surface area (Å²) in [6.45, 7) is 9.70. The molecule has 2 rings (SSSR count). The predicted molar refractivity (Wildman–Crippen MR) is 99.0 cm³/mol. The van der Waals surface area contributed by atoms with Crippen LogP contribution in [0.25, 0.3) is 0 Å². The molecule has 0 fully saturated rings. The van der Waals surface area contributed by atoms with Gasteiger partial charge in [0.2, 0.25) is 5.91 Å². The number of carbonyl (C=O) groups is 2. The molecule has 1 heterocycles. The summed E-state index contributed by atoms with van der Waals surface area (Å²) in [5, 5.41) is 6.18. The van der Waals surface area contributed by atoms with Crippen molar-refractivity contribution >= 4 is 34.0 Å². The molecule has 0 bridgehead atoms. The van der Waals surface area contributed by atoms with Crippen LogP contribution in [-0.2, 0) is 4.79 Å². The maximum Gasteiger partial charge on any atom is 0.267 e. The Hall–Kier alpha value is -2.21. The van der Waals surface area contributed by atoms with Gasteiger partial charge in [0.25, 0.3) is 5.91 Å². The summed E-state index contributed by atoms with van der Waals surface area (Å²) in [4.78, 5) is 29.1. The fraction of sp³-hybridized carbons (Fsp3) is 0.389. The number of anilines is 2. The van der Waals surface area contributed by atoms with Crippen molar-refractivity contribution in [2.75, 3.05) is 10.6 Å². The second-order valence-corrected chi connectivity index (χ2v) is 6.96. The number of thiazole rings is 1. The molecular formula is C18H23N3O2S. The van der Waals surface area contributed by atoms with Crippen molar-refractivity contribution in [3.05, 3.63) is 39.4 Å². The minimum absolute atomic E-state index is 0.0802. The number of amides is 2. The molecular weight excluding hydrogens is 322 g/mol. The van der Waals surface area contributed by atoms with E-state index >= 15 is 0 Å². The number of hydrogen-bond acceptors (Lipinski definition) is 4. The Bertz CT molecular complexity index is 758. The molecule has 0 saturated heterocycles. The third kappa shape index (κ3) is 4.20. The number of rotatable bonds is 5. The van der Waals surface area contributed by atoms with Crippen LogP contribution in [0.5, 0.6) is 0 Å². The number of carbonyl (C=O) groups excluding carboxylic acids is 2. The zero-order chi connectivity index (χ0) is 17.9. The Morgan fingerprint density at radius 3 is 2.29 bits per heavy atom. The number of nitrogens with one attached hydrogen (secondary N) is 2. The van der Waals surface area contributed by atoms with Crippen LogP contribution in [0.4, 0.5) is 10.8 Å². The Labute approximate surface area is 146 Å². The van der Waals surface area contributed by atoms with Gasteiger partial charge < -0.3 is 10.6 Å². The van der Waals surface area contributed by atoms with Crippen molar-refractivity contribution in [2.45, 2.75) is 47.5 Å². The van der Waals surface area contributed by atoms with E-state index in [0.717, 1.165) is 28.8 Å². The lowest BCUT2D eigenvalue weighted by atomic mass is 10.1. The molecule has 24 heavy (non-hydrogen) atoms. The third-order valence-corrected chi connectivity index (χ3v) is 4.71. The van der Waals surface area contributed by atoms with Gasteiger partial charge in [0.1, 0.15) is 4.88 Å². The second kappa shape index (κ2) is 7.57. The number of benzene rings is 1. The highest BCUT2D eigenvalue weighted by Crippen LogP contribution is 2.26.